The summed E-state index contributed by atoms with van der Waals surface area (Å²) in [4.78, 5) is 1.33. The molecule has 0 spiro atoms. The van der Waals surface area contributed by atoms with Crippen molar-refractivity contribution in [3.05, 3.63) is 54.6 Å². The van der Waals surface area contributed by atoms with E-state index in [4.69, 9.17) is 11.6 Å². The summed E-state index contributed by atoms with van der Waals surface area (Å²) in [6, 6.07) is 8.59. The standard InChI is InChI=1S/C14H15BrClNS/c1-8-6-10(4-5-12(8)16)14(17-3)11-7-13(15)18-9(11)2/h4-7,14,17H,1-3H3. The third kappa shape index (κ3) is 2.80. The second-order valence-corrected chi connectivity index (χ2v) is 7.34. The molecule has 0 aliphatic heterocycles. The van der Waals surface area contributed by atoms with Gasteiger partial charge in [0.05, 0.1) is 9.83 Å². The van der Waals surface area contributed by atoms with Crippen molar-refractivity contribution in [1.29, 1.82) is 0 Å². The molecular formula is C14H15BrClNS. The third-order valence-corrected chi connectivity index (χ3v) is 5.03. The summed E-state index contributed by atoms with van der Waals surface area (Å²) in [6.45, 7) is 4.19. The summed E-state index contributed by atoms with van der Waals surface area (Å²) in [5, 5.41) is 4.19. The van der Waals surface area contributed by atoms with Gasteiger partial charge in [-0.3, -0.25) is 0 Å². The molecule has 1 unspecified atom stereocenters. The highest BCUT2D eigenvalue weighted by Crippen LogP contribution is 2.34. The monoisotopic (exact) mass is 343 g/mol. The Morgan fingerprint density at radius 1 is 1.28 bits per heavy atom. The summed E-state index contributed by atoms with van der Waals surface area (Å²) in [5.74, 6) is 0. The lowest BCUT2D eigenvalue weighted by atomic mass is 9.98. The topological polar surface area (TPSA) is 12.0 Å². The fourth-order valence-corrected chi connectivity index (χ4v) is 3.96. The number of nitrogens with one attached hydrogen (secondary N) is 1. The predicted octanol–water partition coefficient (Wildman–Crippen LogP) is 5.09. The van der Waals surface area contributed by atoms with Gasteiger partial charge in [-0.15, -0.1) is 11.3 Å². The zero-order valence-corrected chi connectivity index (χ0v) is 13.7. The molecular weight excluding hydrogens is 330 g/mol. The molecule has 0 aliphatic carbocycles. The molecule has 0 radical (unpaired) electrons. The van der Waals surface area contributed by atoms with Crippen LogP contribution in [-0.2, 0) is 0 Å². The molecule has 1 nitrogen and oxygen atoms in total. The number of benzene rings is 1. The first kappa shape index (κ1) is 14.1. The van der Waals surface area contributed by atoms with Crippen LogP contribution in [0.1, 0.15) is 27.6 Å². The molecule has 0 amide bonds. The molecule has 1 atom stereocenters. The molecule has 0 saturated carbocycles. The highest BCUT2D eigenvalue weighted by molar-refractivity contribution is 9.11. The van der Waals surface area contributed by atoms with Gasteiger partial charge in [0.15, 0.2) is 0 Å². The molecule has 0 saturated heterocycles. The largest absolute Gasteiger partial charge is 0.309 e. The average molecular weight is 345 g/mol. The van der Waals surface area contributed by atoms with E-state index in [-0.39, 0.29) is 6.04 Å². The summed E-state index contributed by atoms with van der Waals surface area (Å²) < 4.78 is 1.17. The third-order valence-electron chi connectivity index (χ3n) is 3.04. The van der Waals surface area contributed by atoms with Crippen LogP contribution in [0.2, 0.25) is 5.02 Å². The highest BCUT2D eigenvalue weighted by atomic mass is 79.9. The van der Waals surface area contributed by atoms with Crippen molar-refractivity contribution in [2.75, 3.05) is 7.05 Å². The lowest BCUT2D eigenvalue weighted by molar-refractivity contribution is 0.690. The maximum absolute atomic E-state index is 6.08. The van der Waals surface area contributed by atoms with Crippen LogP contribution in [0.4, 0.5) is 0 Å². The molecule has 1 aromatic heterocycles. The Morgan fingerprint density at radius 2 is 2.00 bits per heavy atom. The van der Waals surface area contributed by atoms with Gasteiger partial charge in [-0.2, -0.15) is 0 Å². The highest BCUT2D eigenvalue weighted by Gasteiger charge is 2.17. The minimum Gasteiger partial charge on any atom is -0.309 e. The number of hydrogen-bond donors (Lipinski definition) is 1. The molecule has 4 heteroatoms. The van der Waals surface area contributed by atoms with Crippen LogP contribution < -0.4 is 5.32 Å². The number of rotatable bonds is 3. The van der Waals surface area contributed by atoms with Crippen LogP contribution in [0.3, 0.4) is 0 Å². The Kier molecular flexibility index (Phi) is 4.49. The van der Waals surface area contributed by atoms with Gasteiger partial charge in [-0.05, 0) is 65.6 Å². The first-order chi connectivity index (χ1) is 8.52. The van der Waals surface area contributed by atoms with Gasteiger partial charge >= 0.3 is 0 Å². The lowest BCUT2D eigenvalue weighted by Crippen LogP contribution is -2.17. The number of thiophene rings is 1. The van der Waals surface area contributed by atoms with Crippen molar-refractivity contribution in [1.82, 2.24) is 5.32 Å². The first-order valence-electron chi connectivity index (χ1n) is 5.72. The summed E-state index contributed by atoms with van der Waals surface area (Å²) in [5.41, 5.74) is 3.67. The van der Waals surface area contributed by atoms with Crippen molar-refractivity contribution in [2.45, 2.75) is 19.9 Å². The van der Waals surface area contributed by atoms with Crippen LogP contribution in [0.15, 0.2) is 28.1 Å². The second kappa shape index (κ2) is 5.74. The average Bonchev–Trinajstić information content (AvgIpc) is 2.64. The van der Waals surface area contributed by atoms with Gasteiger partial charge in [0.25, 0.3) is 0 Å². The quantitative estimate of drug-likeness (QED) is 0.818. The summed E-state index contributed by atoms with van der Waals surface area (Å²) >= 11 is 11.4. The van der Waals surface area contributed by atoms with Crippen molar-refractivity contribution >= 4 is 38.9 Å². The van der Waals surface area contributed by atoms with E-state index in [2.05, 4.69) is 46.4 Å². The SMILES string of the molecule is CNC(c1ccc(Cl)c(C)c1)c1cc(Br)sc1C. The van der Waals surface area contributed by atoms with Crippen LogP contribution in [0, 0.1) is 13.8 Å². The minimum atomic E-state index is 0.212. The van der Waals surface area contributed by atoms with E-state index in [0.29, 0.717) is 0 Å². The van der Waals surface area contributed by atoms with Gasteiger partial charge in [-0.25, -0.2) is 0 Å². The summed E-state index contributed by atoms with van der Waals surface area (Å²) in [7, 11) is 1.99. The molecule has 0 aliphatic rings. The Balaban J connectivity index is 2.45. The zero-order chi connectivity index (χ0) is 13.3. The molecule has 18 heavy (non-hydrogen) atoms. The van der Waals surface area contributed by atoms with E-state index in [1.54, 1.807) is 11.3 Å². The smallest absolute Gasteiger partial charge is 0.0704 e. The van der Waals surface area contributed by atoms with Crippen LogP contribution in [0.25, 0.3) is 0 Å². The predicted molar refractivity (Wildman–Crippen MR) is 83.8 cm³/mol. The van der Waals surface area contributed by atoms with E-state index in [0.717, 1.165) is 10.6 Å². The van der Waals surface area contributed by atoms with Gasteiger partial charge in [0.2, 0.25) is 0 Å². The van der Waals surface area contributed by atoms with Crippen LogP contribution in [0.5, 0.6) is 0 Å². The van der Waals surface area contributed by atoms with Gasteiger partial charge in [-0.1, -0.05) is 23.7 Å². The molecule has 0 bridgehead atoms. The number of aryl methyl sites for hydroxylation is 2. The molecule has 1 N–H and O–H groups in total. The number of halogens is 2. The molecule has 2 rings (SSSR count). The van der Waals surface area contributed by atoms with E-state index in [9.17, 15) is 0 Å². The van der Waals surface area contributed by atoms with Crippen LogP contribution in [-0.4, -0.2) is 7.05 Å². The van der Waals surface area contributed by atoms with Crippen molar-refractivity contribution in [3.63, 3.8) is 0 Å². The van der Waals surface area contributed by atoms with Crippen molar-refractivity contribution in [3.8, 4) is 0 Å². The van der Waals surface area contributed by atoms with Crippen molar-refractivity contribution in [2.24, 2.45) is 0 Å². The van der Waals surface area contributed by atoms with Crippen molar-refractivity contribution < 1.29 is 0 Å². The summed E-state index contributed by atoms with van der Waals surface area (Å²) in [6.07, 6.45) is 0. The molecule has 0 fully saturated rings. The zero-order valence-electron chi connectivity index (χ0n) is 10.6. The first-order valence-corrected chi connectivity index (χ1v) is 7.71. The Bertz CT molecular complexity index is 565. The number of hydrogen-bond acceptors (Lipinski definition) is 2. The van der Waals surface area contributed by atoms with Crippen LogP contribution >= 0.6 is 38.9 Å². The lowest BCUT2D eigenvalue weighted by Gasteiger charge is -2.17. The maximum atomic E-state index is 6.08. The van der Waals surface area contributed by atoms with Gasteiger partial charge < -0.3 is 5.32 Å². The normalized spacial score (nSPS) is 12.7. The minimum absolute atomic E-state index is 0.212. The molecule has 96 valence electrons. The van der Waals surface area contributed by atoms with E-state index in [1.165, 1.54) is 19.8 Å². The molecule has 2 aromatic rings. The fourth-order valence-electron chi connectivity index (χ4n) is 2.09. The van der Waals surface area contributed by atoms with E-state index < -0.39 is 0 Å². The Hall–Kier alpha value is -0.350. The van der Waals surface area contributed by atoms with E-state index >= 15 is 0 Å². The van der Waals surface area contributed by atoms with E-state index in [1.807, 2.05) is 20.0 Å². The van der Waals surface area contributed by atoms with Gasteiger partial charge in [0, 0.05) is 9.90 Å². The fraction of sp³-hybridized carbons (Fsp3) is 0.286. The second-order valence-electron chi connectivity index (χ2n) is 4.29. The maximum Gasteiger partial charge on any atom is 0.0704 e. The van der Waals surface area contributed by atoms with Gasteiger partial charge in [0.1, 0.15) is 0 Å². The molecule has 1 heterocycles. The Morgan fingerprint density at radius 3 is 2.50 bits per heavy atom. The Labute approximate surface area is 125 Å². The molecule has 1 aromatic carbocycles.